The number of nitrogens with zero attached hydrogens (tertiary/aromatic N) is 4. The van der Waals surface area contributed by atoms with Crippen molar-refractivity contribution in [2.45, 2.75) is 37.0 Å². The van der Waals surface area contributed by atoms with Crippen molar-refractivity contribution in [2.75, 3.05) is 44.4 Å². The van der Waals surface area contributed by atoms with E-state index in [1.165, 1.54) is 17.7 Å². The van der Waals surface area contributed by atoms with E-state index in [9.17, 15) is 23.3 Å². The largest absolute Gasteiger partial charge is 0.383 e. The van der Waals surface area contributed by atoms with E-state index in [0.29, 0.717) is 24.5 Å². The van der Waals surface area contributed by atoms with Gasteiger partial charge in [0.15, 0.2) is 0 Å². The number of sulfonamides is 1. The predicted octanol–water partition coefficient (Wildman–Crippen LogP) is 7.85. The number of halogens is 1. The summed E-state index contributed by atoms with van der Waals surface area (Å²) in [7, 11) is -0.572. The number of carbonyl (C=O) groups excluding carboxylic acids is 1. The van der Waals surface area contributed by atoms with Crippen LogP contribution in [0.3, 0.4) is 0 Å². The van der Waals surface area contributed by atoms with E-state index < -0.39 is 31.4 Å². The number of nitro groups is 1. The standard InChI is InChI=1S/C43H44ClN7O5S/c1-48(2)21-20-36(27-45-35-9-4-3-5-10-35)46-40-18-17-38(26-42(40)51(53)54)57(55,56)47-43(52)31-14-19-41-33(24-31)25-37-29-49(22-23-50(37)41)28-32-8-6-7-11-39(32)30-12-15-34(44)16-13-30/h3-19,24-26,36,45-46H,20-23,27-29H2,1-2H3,(H,47,52). The topological polar surface area (TPSA) is 142 Å². The van der Waals surface area contributed by atoms with Crippen molar-refractivity contribution in [1.29, 1.82) is 0 Å². The van der Waals surface area contributed by atoms with Gasteiger partial charge in [0.25, 0.3) is 21.6 Å². The molecule has 14 heteroatoms. The number of nitro benzene ring substituents is 1. The molecule has 1 aliphatic rings. The molecule has 5 aromatic carbocycles. The molecule has 1 amide bonds. The van der Waals surface area contributed by atoms with Crippen LogP contribution in [0.15, 0.2) is 126 Å². The van der Waals surface area contributed by atoms with Gasteiger partial charge in [-0.25, -0.2) is 13.1 Å². The summed E-state index contributed by atoms with van der Waals surface area (Å²) >= 11 is 6.14. The number of benzene rings is 5. The Morgan fingerprint density at radius 2 is 1.67 bits per heavy atom. The zero-order valence-corrected chi connectivity index (χ0v) is 33.3. The lowest BCUT2D eigenvalue weighted by molar-refractivity contribution is -0.384. The summed E-state index contributed by atoms with van der Waals surface area (Å²) in [6, 6.07) is 36.4. The number of aromatic nitrogens is 1. The molecule has 294 valence electrons. The Balaban J connectivity index is 1.04. The summed E-state index contributed by atoms with van der Waals surface area (Å²) in [5.74, 6) is -0.831. The third-order valence-electron chi connectivity index (χ3n) is 10.2. The number of rotatable bonds is 15. The van der Waals surface area contributed by atoms with Crippen molar-refractivity contribution in [3.8, 4) is 11.1 Å². The molecule has 2 heterocycles. The molecule has 1 aliphatic heterocycles. The van der Waals surface area contributed by atoms with Gasteiger partial charge in [-0.15, -0.1) is 0 Å². The van der Waals surface area contributed by atoms with Crippen molar-refractivity contribution in [3.05, 3.63) is 153 Å². The molecule has 0 saturated carbocycles. The van der Waals surface area contributed by atoms with E-state index in [0.717, 1.165) is 65.7 Å². The zero-order valence-electron chi connectivity index (χ0n) is 31.7. The molecule has 0 bridgehead atoms. The molecule has 1 atom stereocenters. The molecule has 0 aliphatic carbocycles. The van der Waals surface area contributed by atoms with Gasteiger partial charge in [0, 0.05) is 77.7 Å². The Labute approximate surface area is 337 Å². The van der Waals surface area contributed by atoms with Crippen LogP contribution in [-0.4, -0.2) is 73.4 Å². The Morgan fingerprint density at radius 1 is 0.912 bits per heavy atom. The average molecular weight is 806 g/mol. The van der Waals surface area contributed by atoms with Crippen LogP contribution >= 0.6 is 11.6 Å². The number of para-hydroxylation sites is 1. The van der Waals surface area contributed by atoms with E-state index in [4.69, 9.17) is 11.6 Å². The van der Waals surface area contributed by atoms with Gasteiger partial charge in [-0.2, -0.15) is 0 Å². The molecule has 0 spiro atoms. The highest BCUT2D eigenvalue weighted by Crippen LogP contribution is 2.31. The second-order valence-corrected chi connectivity index (χ2v) is 16.6. The Kier molecular flexibility index (Phi) is 11.9. The lowest BCUT2D eigenvalue weighted by Gasteiger charge is -2.29. The van der Waals surface area contributed by atoms with Crippen LogP contribution in [0.25, 0.3) is 22.0 Å². The normalized spacial score (nSPS) is 13.6. The number of fused-ring (bicyclic) bond motifs is 3. The Hall–Kier alpha value is -5.73. The monoisotopic (exact) mass is 805 g/mol. The molecule has 0 fully saturated rings. The van der Waals surface area contributed by atoms with Crippen LogP contribution in [0.5, 0.6) is 0 Å². The molecular weight excluding hydrogens is 762 g/mol. The van der Waals surface area contributed by atoms with Crippen molar-refractivity contribution in [3.63, 3.8) is 0 Å². The molecule has 1 aromatic heterocycles. The third kappa shape index (κ3) is 9.46. The lowest BCUT2D eigenvalue weighted by atomic mass is 9.99. The van der Waals surface area contributed by atoms with Crippen molar-refractivity contribution in [2.24, 2.45) is 0 Å². The van der Waals surface area contributed by atoms with Gasteiger partial charge < -0.3 is 20.1 Å². The Morgan fingerprint density at radius 3 is 2.42 bits per heavy atom. The highest BCUT2D eigenvalue weighted by molar-refractivity contribution is 7.90. The smallest absolute Gasteiger partial charge is 0.293 e. The van der Waals surface area contributed by atoms with Gasteiger partial charge >= 0.3 is 0 Å². The first-order valence-electron chi connectivity index (χ1n) is 18.7. The second-order valence-electron chi connectivity index (χ2n) is 14.5. The first-order valence-corrected chi connectivity index (χ1v) is 20.5. The number of nitrogens with one attached hydrogen (secondary N) is 3. The van der Waals surface area contributed by atoms with E-state index in [2.05, 4.69) is 37.0 Å². The summed E-state index contributed by atoms with van der Waals surface area (Å²) in [6.45, 7) is 4.22. The lowest BCUT2D eigenvalue weighted by Crippen LogP contribution is -2.33. The maximum Gasteiger partial charge on any atom is 0.293 e. The van der Waals surface area contributed by atoms with Gasteiger partial charge in [-0.05, 0) is 104 Å². The fraction of sp³-hybridized carbons (Fsp3) is 0.233. The maximum atomic E-state index is 13.5. The SMILES string of the molecule is CN(C)CCC(CNc1ccccc1)Nc1ccc(S(=O)(=O)NC(=O)c2ccc3c(c2)cc2n3CCN(Cc3ccccc3-c3ccc(Cl)cc3)C2)cc1[N+](=O)[O-]. The van der Waals surface area contributed by atoms with Crippen LogP contribution < -0.4 is 15.4 Å². The predicted molar refractivity (Wildman–Crippen MR) is 226 cm³/mol. The number of anilines is 2. The number of hydrogen-bond donors (Lipinski definition) is 3. The molecule has 3 N–H and O–H groups in total. The van der Waals surface area contributed by atoms with Crippen LogP contribution in [0.4, 0.5) is 17.1 Å². The van der Waals surface area contributed by atoms with Crippen LogP contribution in [0.2, 0.25) is 5.02 Å². The van der Waals surface area contributed by atoms with E-state index >= 15 is 0 Å². The average Bonchev–Trinajstić information content (AvgIpc) is 3.56. The summed E-state index contributed by atoms with van der Waals surface area (Å²) in [4.78, 5) is 29.0. The van der Waals surface area contributed by atoms with Gasteiger partial charge in [0.1, 0.15) is 5.69 Å². The Bertz CT molecular complexity index is 2510. The highest BCUT2D eigenvalue weighted by atomic mass is 35.5. The molecule has 0 radical (unpaired) electrons. The first-order chi connectivity index (χ1) is 27.4. The minimum absolute atomic E-state index is 0.158. The number of carbonyl (C=O) groups is 1. The van der Waals surface area contributed by atoms with Gasteiger partial charge in [-0.1, -0.05) is 66.2 Å². The number of hydrogen-bond acceptors (Lipinski definition) is 9. The van der Waals surface area contributed by atoms with Crippen LogP contribution in [0, 0.1) is 10.1 Å². The summed E-state index contributed by atoms with van der Waals surface area (Å²) < 4.78 is 31.3. The maximum absolute atomic E-state index is 13.5. The molecule has 12 nitrogen and oxygen atoms in total. The summed E-state index contributed by atoms with van der Waals surface area (Å²) in [6.07, 6.45) is 0.660. The summed E-state index contributed by atoms with van der Waals surface area (Å²) in [5.41, 5.74) is 6.34. The van der Waals surface area contributed by atoms with Crippen LogP contribution in [-0.2, 0) is 29.7 Å². The second kappa shape index (κ2) is 17.2. The minimum atomic E-state index is -4.46. The fourth-order valence-electron chi connectivity index (χ4n) is 7.21. The number of amides is 1. The molecule has 57 heavy (non-hydrogen) atoms. The van der Waals surface area contributed by atoms with Gasteiger partial charge in [-0.3, -0.25) is 19.8 Å². The third-order valence-corrected chi connectivity index (χ3v) is 11.7. The molecular formula is C43H44ClN7O5S. The zero-order chi connectivity index (χ0) is 40.1. The van der Waals surface area contributed by atoms with Crippen LogP contribution in [0.1, 0.15) is 28.0 Å². The van der Waals surface area contributed by atoms with Crippen molar-refractivity contribution < 1.29 is 18.1 Å². The molecule has 0 saturated heterocycles. The molecule has 7 rings (SSSR count). The highest BCUT2D eigenvalue weighted by Gasteiger charge is 2.26. The molecule has 6 aromatic rings. The molecule has 1 unspecified atom stereocenters. The van der Waals surface area contributed by atoms with E-state index in [-0.39, 0.29) is 17.3 Å². The summed E-state index contributed by atoms with van der Waals surface area (Å²) in [5, 5.41) is 20.3. The van der Waals surface area contributed by atoms with Gasteiger partial charge in [0.2, 0.25) is 0 Å². The van der Waals surface area contributed by atoms with Crippen molar-refractivity contribution in [1.82, 2.24) is 19.1 Å². The van der Waals surface area contributed by atoms with E-state index in [1.807, 2.05) is 97.9 Å². The first kappa shape index (κ1) is 39.5. The van der Waals surface area contributed by atoms with Crippen molar-refractivity contribution >= 4 is 55.5 Å². The van der Waals surface area contributed by atoms with E-state index in [1.54, 1.807) is 12.1 Å². The quantitative estimate of drug-likeness (QED) is 0.0699. The fourth-order valence-corrected chi connectivity index (χ4v) is 8.33. The van der Waals surface area contributed by atoms with Gasteiger partial charge in [0.05, 0.1) is 9.82 Å². The minimum Gasteiger partial charge on any atom is -0.383 e.